The fraction of sp³-hybridized carbons (Fsp3) is 0.133. The Labute approximate surface area is 112 Å². The van der Waals surface area contributed by atoms with Gasteiger partial charge in [-0.2, -0.15) is 0 Å². The van der Waals surface area contributed by atoms with Gasteiger partial charge in [-0.25, -0.2) is 0 Å². The van der Waals surface area contributed by atoms with E-state index >= 15 is 0 Å². The van der Waals surface area contributed by atoms with Crippen LogP contribution in [0.25, 0.3) is 0 Å². The largest absolute Gasteiger partial charge is 0.508 e. The molecule has 4 nitrogen and oxygen atoms in total. The molecular weight excluding hydrogens is 240 g/mol. The highest BCUT2D eigenvalue weighted by atomic mass is 16.3. The molecule has 0 spiro atoms. The highest BCUT2D eigenvalue weighted by molar-refractivity contribution is 5.94. The average Bonchev–Trinajstić information content (AvgIpc) is 2.40. The average molecular weight is 256 g/mol. The van der Waals surface area contributed by atoms with E-state index in [1.807, 2.05) is 6.07 Å². The predicted molar refractivity (Wildman–Crippen MR) is 74.8 cm³/mol. The highest BCUT2D eigenvalue weighted by Crippen LogP contribution is 2.18. The lowest BCUT2D eigenvalue weighted by Gasteiger charge is -2.18. The number of nitrogens with two attached hydrogens (primary N) is 1. The lowest BCUT2D eigenvalue weighted by atomic mass is 10.1. The lowest BCUT2D eigenvalue weighted by molar-refractivity contribution is 0.0784. The maximum Gasteiger partial charge on any atom is 0.253 e. The number of aromatic hydroxyl groups is 1. The van der Waals surface area contributed by atoms with Crippen LogP contribution in [0.5, 0.6) is 5.75 Å². The number of anilines is 1. The molecule has 2 aromatic rings. The van der Waals surface area contributed by atoms with Crippen molar-refractivity contribution < 1.29 is 9.90 Å². The van der Waals surface area contributed by atoms with Gasteiger partial charge >= 0.3 is 0 Å². The van der Waals surface area contributed by atoms with Crippen LogP contribution in [-0.4, -0.2) is 23.0 Å². The summed E-state index contributed by atoms with van der Waals surface area (Å²) in [6.45, 7) is 0.348. The number of para-hydroxylation sites is 1. The van der Waals surface area contributed by atoms with Gasteiger partial charge in [0.1, 0.15) is 5.75 Å². The Bertz CT molecular complexity index is 596. The lowest BCUT2D eigenvalue weighted by Crippen LogP contribution is -2.26. The third-order valence-corrected chi connectivity index (χ3v) is 2.88. The first kappa shape index (κ1) is 13.0. The summed E-state index contributed by atoms with van der Waals surface area (Å²) in [6, 6.07) is 13.8. The number of rotatable bonds is 3. The number of nitrogens with zero attached hydrogens (tertiary/aromatic N) is 1. The maximum absolute atomic E-state index is 12.2. The Morgan fingerprint density at radius 2 is 1.95 bits per heavy atom. The van der Waals surface area contributed by atoms with Crippen molar-refractivity contribution in [1.82, 2.24) is 4.90 Å². The minimum atomic E-state index is -0.129. The molecule has 1 amide bonds. The molecule has 0 aliphatic rings. The number of carbonyl (C=O) groups is 1. The van der Waals surface area contributed by atoms with Gasteiger partial charge in [-0.3, -0.25) is 4.79 Å². The zero-order valence-corrected chi connectivity index (χ0v) is 10.7. The molecule has 0 saturated heterocycles. The smallest absolute Gasteiger partial charge is 0.253 e. The maximum atomic E-state index is 12.2. The fourth-order valence-electron chi connectivity index (χ4n) is 1.86. The zero-order chi connectivity index (χ0) is 13.8. The first-order valence-electron chi connectivity index (χ1n) is 5.96. The summed E-state index contributed by atoms with van der Waals surface area (Å²) in [4.78, 5) is 13.7. The molecule has 0 aliphatic heterocycles. The van der Waals surface area contributed by atoms with E-state index in [0.717, 1.165) is 0 Å². The molecule has 0 radical (unpaired) electrons. The van der Waals surface area contributed by atoms with Crippen molar-refractivity contribution in [3.05, 3.63) is 59.7 Å². The molecule has 3 N–H and O–H groups in total. The van der Waals surface area contributed by atoms with Gasteiger partial charge in [-0.1, -0.05) is 24.3 Å². The molecule has 2 rings (SSSR count). The van der Waals surface area contributed by atoms with Crippen molar-refractivity contribution in [2.45, 2.75) is 6.54 Å². The van der Waals surface area contributed by atoms with Crippen LogP contribution in [-0.2, 0) is 6.54 Å². The van der Waals surface area contributed by atoms with E-state index < -0.39 is 0 Å². The third kappa shape index (κ3) is 3.04. The van der Waals surface area contributed by atoms with E-state index in [9.17, 15) is 9.90 Å². The number of phenolic OH excluding ortho intramolecular Hbond substituents is 1. The Morgan fingerprint density at radius 1 is 1.21 bits per heavy atom. The molecule has 2 aromatic carbocycles. The van der Waals surface area contributed by atoms with E-state index in [1.54, 1.807) is 54.4 Å². The summed E-state index contributed by atoms with van der Waals surface area (Å²) < 4.78 is 0. The van der Waals surface area contributed by atoms with E-state index in [2.05, 4.69) is 0 Å². The van der Waals surface area contributed by atoms with Crippen LogP contribution in [0.15, 0.2) is 48.5 Å². The van der Waals surface area contributed by atoms with Crippen LogP contribution in [0.4, 0.5) is 5.69 Å². The van der Waals surface area contributed by atoms with Crippen molar-refractivity contribution in [1.29, 1.82) is 0 Å². The van der Waals surface area contributed by atoms with Crippen LogP contribution in [0.1, 0.15) is 15.9 Å². The fourth-order valence-corrected chi connectivity index (χ4v) is 1.86. The van der Waals surface area contributed by atoms with Gasteiger partial charge in [-0.05, 0) is 24.3 Å². The Balaban J connectivity index is 2.14. The molecule has 0 fully saturated rings. The van der Waals surface area contributed by atoms with Crippen LogP contribution < -0.4 is 5.73 Å². The van der Waals surface area contributed by atoms with Crippen molar-refractivity contribution in [2.75, 3.05) is 12.8 Å². The molecule has 0 aromatic heterocycles. The van der Waals surface area contributed by atoms with Crippen molar-refractivity contribution in [2.24, 2.45) is 0 Å². The van der Waals surface area contributed by atoms with Gasteiger partial charge in [0.25, 0.3) is 5.91 Å². The molecule has 0 bridgehead atoms. The number of phenols is 1. The number of benzene rings is 2. The molecule has 0 unspecified atom stereocenters. The van der Waals surface area contributed by atoms with Crippen LogP contribution in [0, 0.1) is 0 Å². The molecule has 4 heteroatoms. The quantitative estimate of drug-likeness (QED) is 0.828. The zero-order valence-electron chi connectivity index (χ0n) is 10.7. The Kier molecular flexibility index (Phi) is 3.71. The van der Waals surface area contributed by atoms with Crippen molar-refractivity contribution >= 4 is 11.6 Å². The summed E-state index contributed by atoms with van der Waals surface area (Å²) in [5.41, 5.74) is 7.47. The Hall–Kier alpha value is -2.49. The second kappa shape index (κ2) is 5.44. The molecule has 0 saturated carbocycles. The summed E-state index contributed by atoms with van der Waals surface area (Å²) in [6.07, 6.45) is 0. The van der Waals surface area contributed by atoms with Crippen molar-refractivity contribution in [3.8, 4) is 5.75 Å². The van der Waals surface area contributed by atoms with Crippen LogP contribution in [0.2, 0.25) is 0 Å². The van der Waals surface area contributed by atoms with E-state index in [0.29, 0.717) is 23.4 Å². The van der Waals surface area contributed by atoms with Gasteiger partial charge in [0.05, 0.1) is 0 Å². The first-order chi connectivity index (χ1) is 9.08. The van der Waals surface area contributed by atoms with Crippen molar-refractivity contribution in [3.63, 3.8) is 0 Å². The number of hydrogen-bond acceptors (Lipinski definition) is 3. The van der Waals surface area contributed by atoms with Crippen LogP contribution >= 0.6 is 0 Å². The molecular formula is C15H16N2O2. The minimum absolute atomic E-state index is 0.129. The number of hydrogen-bond donors (Lipinski definition) is 2. The normalized spacial score (nSPS) is 10.2. The first-order valence-corrected chi connectivity index (χ1v) is 5.96. The number of amides is 1. The molecule has 0 aliphatic carbocycles. The summed E-state index contributed by atoms with van der Waals surface area (Å²) in [5.74, 6) is 0.0604. The molecule has 98 valence electrons. The van der Waals surface area contributed by atoms with Gasteiger partial charge in [0, 0.05) is 30.4 Å². The Morgan fingerprint density at radius 3 is 2.63 bits per heavy atom. The SMILES string of the molecule is CN(Cc1ccccc1O)C(=O)c1cccc(N)c1. The molecule has 19 heavy (non-hydrogen) atoms. The standard InChI is InChI=1S/C15H16N2O2/c1-17(10-12-5-2-3-8-14(12)18)15(19)11-6-4-7-13(16)9-11/h2-9,18H,10,16H2,1H3. The minimum Gasteiger partial charge on any atom is -0.508 e. The van der Waals surface area contributed by atoms with E-state index in [1.165, 1.54) is 0 Å². The second-order valence-corrected chi connectivity index (χ2v) is 4.42. The summed E-state index contributed by atoms with van der Waals surface area (Å²) in [7, 11) is 1.69. The van der Waals surface area contributed by atoms with E-state index in [-0.39, 0.29) is 11.7 Å². The van der Waals surface area contributed by atoms with Gasteiger partial charge in [0.2, 0.25) is 0 Å². The molecule has 0 heterocycles. The second-order valence-electron chi connectivity index (χ2n) is 4.42. The topological polar surface area (TPSA) is 66.6 Å². The van der Waals surface area contributed by atoms with Gasteiger partial charge < -0.3 is 15.7 Å². The monoisotopic (exact) mass is 256 g/mol. The number of nitrogen functional groups attached to an aromatic ring is 1. The highest BCUT2D eigenvalue weighted by Gasteiger charge is 2.13. The summed E-state index contributed by atoms with van der Waals surface area (Å²) in [5, 5.41) is 9.70. The van der Waals surface area contributed by atoms with E-state index in [4.69, 9.17) is 5.73 Å². The summed E-state index contributed by atoms with van der Waals surface area (Å²) >= 11 is 0. The van der Waals surface area contributed by atoms with Gasteiger partial charge in [-0.15, -0.1) is 0 Å². The van der Waals surface area contributed by atoms with Crippen LogP contribution in [0.3, 0.4) is 0 Å². The van der Waals surface area contributed by atoms with Gasteiger partial charge in [0.15, 0.2) is 0 Å². The molecule has 0 atom stereocenters. The third-order valence-electron chi connectivity index (χ3n) is 2.88. The number of carbonyl (C=O) groups excluding carboxylic acids is 1. The predicted octanol–water partition coefficient (Wildman–Crippen LogP) is 2.25.